The van der Waals surface area contributed by atoms with Crippen molar-refractivity contribution in [1.82, 2.24) is 14.5 Å². The molecule has 0 radical (unpaired) electrons. The minimum atomic E-state index is -4.49. The van der Waals surface area contributed by atoms with Crippen molar-refractivity contribution in [3.8, 4) is 11.3 Å². The van der Waals surface area contributed by atoms with Gasteiger partial charge in [-0.2, -0.15) is 26.3 Å². The van der Waals surface area contributed by atoms with Crippen LogP contribution in [-0.2, 0) is 19.1 Å². The van der Waals surface area contributed by atoms with Crippen LogP contribution in [0.2, 0.25) is 0 Å². The summed E-state index contributed by atoms with van der Waals surface area (Å²) in [6.07, 6.45) is -10.1. The van der Waals surface area contributed by atoms with E-state index in [0.29, 0.717) is 24.6 Å². The molecule has 1 fully saturated rings. The summed E-state index contributed by atoms with van der Waals surface area (Å²) in [5.74, 6) is 0.781. The predicted octanol–water partition coefficient (Wildman–Crippen LogP) is 4.77. The molecule has 0 unspecified atom stereocenters. The first kappa shape index (κ1) is 23.3. The molecule has 0 atom stereocenters. The van der Waals surface area contributed by atoms with Gasteiger partial charge in [0.25, 0.3) is 5.56 Å². The lowest BCUT2D eigenvalue weighted by atomic mass is 10.0. The number of likely N-dealkylation sites (tertiary alicyclic amines) is 1. The van der Waals surface area contributed by atoms with Gasteiger partial charge in [-0.1, -0.05) is 19.1 Å². The molecule has 1 aromatic carbocycles. The van der Waals surface area contributed by atoms with Crippen LogP contribution >= 0.6 is 0 Å². The average Bonchev–Trinajstić information content (AvgIpc) is 2.63. The number of halogens is 6. The zero-order chi connectivity index (χ0) is 22.8. The van der Waals surface area contributed by atoms with Gasteiger partial charge in [-0.3, -0.25) is 9.36 Å². The summed E-state index contributed by atoms with van der Waals surface area (Å²) in [5.41, 5.74) is -0.820. The maximum Gasteiger partial charge on any atom is 0.416 e. The normalized spacial score (nSPS) is 15.8. The fourth-order valence-electron chi connectivity index (χ4n) is 3.66. The summed E-state index contributed by atoms with van der Waals surface area (Å²) in [5, 5.41) is 0. The molecule has 2 aromatic rings. The van der Waals surface area contributed by atoms with Gasteiger partial charge < -0.3 is 4.90 Å². The van der Waals surface area contributed by atoms with Gasteiger partial charge in [0.05, 0.1) is 11.3 Å². The Morgan fingerprint density at radius 1 is 1.03 bits per heavy atom. The molecular formula is C21H23F6N3O. The van der Waals surface area contributed by atoms with Crippen LogP contribution in [0.5, 0.6) is 0 Å². The summed E-state index contributed by atoms with van der Waals surface area (Å²) < 4.78 is 77.4. The summed E-state index contributed by atoms with van der Waals surface area (Å²) in [4.78, 5) is 19.2. The Hall–Kier alpha value is -2.36. The number of aryl methyl sites for hydroxylation is 1. The molecule has 3 rings (SSSR count). The van der Waals surface area contributed by atoms with E-state index in [-0.39, 0.29) is 24.4 Å². The molecule has 2 heterocycles. The van der Waals surface area contributed by atoms with Crippen LogP contribution in [0, 0.1) is 5.92 Å². The molecule has 1 aromatic heterocycles. The van der Waals surface area contributed by atoms with E-state index >= 15 is 0 Å². The number of benzene rings is 1. The highest BCUT2D eigenvalue weighted by atomic mass is 19.4. The predicted molar refractivity (Wildman–Crippen MR) is 104 cm³/mol. The molecule has 0 aliphatic carbocycles. The Morgan fingerprint density at radius 2 is 1.68 bits per heavy atom. The summed E-state index contributed by atoms with van der Waals surface area (Å²) in [7, 11) is 0. The van der Waals surface area contributed by atoms with E-state index in [0.717, 1.165) is 25.2 Å². The van der Waals surface area contributed by atoms with Crippen LogP contribution in [0.3, 0.4) is 0 Å². The molecule has 0 saturated carbocycles. The van der Waals surface area contributed by atoms with Gasteiger partial charge in [0.2, 0.25) is 0 Å². The van der Waals surface area contributed by atoms with E-state index in [1.54, 1.807) is 0 Å². The van der Waals surface area contributed by atoms with Crippen LogP contribution in [0.25, 0.3) is 11.3 Å². The zero-order valence-corrected chi connectivity index (χ0v) is 16.9. The fraction of sp³-hybridized carbons (Fsp3) is 0.524. The standard InChI is InChI=1S/C21H23F6N3O/c1-14-12-29(13-14)9-10-30-18(3-2-8-20(22,23)24)28-17(11-19(30)31)15-4-6-16(7-5-15)21(25,26)27/h4-7,11,14H,2-3,8-10,12-13H2,1H3. The minimum absolute atomic E-state index is 0.0559. The van der Waals surface area contributed by atoms with Crippen LogP contribution in [-0.4, -0.2) is 40.3 Å². The number of alkyl halides is 6. The smallest absolute Gasteiger partial charge is 0.301 e. The van der Waals surface area contributed by atoms with Gasteiger partial charge in [0.1, 0.15) is 5.82 Å². The molecule has 0 spiro atoms. The van der Waals surface area contributed by atoms with Crippen LogP contribution in [0.15, 0.2) is 35.1 Å². The van der Waals surface area contributed by atoms with Gasteiger partial charge in [-0.15, -0.1) is 0 Å². The first-order chi connectivity index (χ1) is 14.4. The van der Waals surface area contributed by atoms with Gasteiger partial charge in [0, 0.05) is 50.7 Å². The highest BCUT2D eigenvalue weighted by Crippen LogP contribution is 2.30. The van der Waals surface area contributed by atoms with Crippen molar-refractivity contribution >= 4 is 0 Å². The Balaban J connectivity index is 1.85. The topological polar surface area (TPSA) is 38.1 Å². The average molecular weight is 447 g/mol. The van der Waals surface area contributed by atoms with Gasteiger partial charge in [0.15, 0.2) is 0 Å². The fourth-order valence-corrected chi connectivity index (χ4v) is 3.66. The third-order valence-electron chi connectivity index (χ3n) is 5.24. The highest BCUT2D eigenvalue weighted by Gasteiger charge is 2.30. The molecule has 0 N–H and O–H groups in total. The molecule has 170 valence electrons. The number of hydrogen-bond acceptors (Lipinski definition) is 3. The number of hydrogen-bond donors (Lipinski definition) is 0. The van der Waals surface area contributed by atoms with E-state index in [9.17, 15) is 31.1 Å². The second-order valence-electron chi connectivity index (χ2n) is 7.96. The Morgan fingerprint density at radius 3 is 2.23 bits per heavy atom. The zero-order valence-electron chi connectivity index (χ0n) is 16.9. The second-order valence-corrected chi connectivity index (χ2v) is 7.96. The lowest BCUT2D eigenvalue weighted by molar-refractivity contribution is -0.137. The maximum atomic E-state index is 12.8. The van der Waals surface area contributed by atoms with E-state index < -0.39 is 29.9 Å². The summed E-state index contributed by atoms with van der Waals surface area (Å²) in [6.45, 7) is 4.78. The Labute approximate surface area is 175 Å². The van der Waals surface area contributed by atoms with Gasteiger partial charge in [-0.05, 0) is 24.5 Å². The van der Waals surface area contributed by atoms with Crippen LogP contribution < -0.4 is 5.56 Å². The third-order valence-corrected chi connectivity index (χ3v) is 5.24. The number of nitrogens with zero attached hydrogens (tertiary/aromatic N) is 3. The molecule has 1 aliphatic rings. The number of aromatic nitrogens is 2. The Bertz CT molecular complexity index is 944. The van der Waals surface area contributed by atoms with Crippen LogP contribution in [0.4, 0.5) is 26.3 Å². The van der Waals surface area contributed by atoms with E-state index in [4.69, 9.17) is 0 Å². The monoisotopic (exact) mass is 447 g/mol. The number of rotatable bonds is 7. The van der Waals surface area contributed by atoms with Crippen molar-refractivity contribution in [3.63, 3.8) is 0 Å². The first-order valence-corrected chi connectivity index (χ1v) is 10.00. The van der Waals surface area contributed by atoms with Crippen molar-refractivity contribution in [3.05, 3.63) is 52.1 Å². The van der Waals surface area contributed by atoms with E-state index in [1.807, 2.05) is 0 Å². The highest BCUT2D eigenvalue weighted by molar-refractivity contribution is 5.59. The van der Waals surface area contributed by atoms with Gasteiger partial charge in [-0.25, -0.2) is 4.98 Å². The van der Waals surface area contributed by atoms with Crippen molar-refractivity contribution in [2.24, 2.45) is 5.92 Å². The van der Waals surface area contributed by atoms with Crippen LogP contribution in [0.1, 0.15) is 31.2 Å². The molecule has 31 heavy (non-hydrogen) atoms. The lowest BCUT2D eigenvalue weighted by Gasteiger charge is -2.37. The molecule has 4 nitrogen and oxygen atoms in total. The summed E-state index contributed by atoms with van der Waals surface area (Å²) >= 11 is 0. The van der Waals surface area contributed by atoms with E-state index in [1.165, 1.54) is 22.8 Å². The lowest BCUT2D eigenvalue weighted by Crippen LogP contribution is -2.47. The third kappa shape index (κ3) is 6.32. The van der Waals surface area contributed by atoms with Crippen molar-refractivity contribution < 1.29 is 26.3 Å². The summed E-state index contributed by atoms with van der Waals surface area (Å²) in [6, 6.07) is 5.40. The van der Waals surface area contributed by atoms with Crippen molar-refractivity contribution in [2.45, 2.75) is 45.1 Å². The van der Waals surface area contributed by atoms with Crippen molar-refractivity contribution in [1.29, 1.82) is 0 Å². The molecular weight excluding hydrogens is 424 g/mol. The Kier molecular flexibility index (Phi) is 6.78. The SMILES string of the molecule is CC1CN(CCn2c(CCCC(F)(F)F)nc(-c3ccc(C(F)(F)F)cc3)cc2=O)C1. The van der Waals surface area contributed by atoms with E-state index in [2.05, 4.69) is 16.8 Å². The largest absolute Gasteiger partial charge is 0.416 e. The first-order valence-electron chi connectivity index (χ1n) is 10.00. The quantitative estimate of drug-likeness (QED) is 0.575. The molecule has 0 bridgehead atoms. The molecule has 0 amide bonds. The van der Waals surface area contributed by atoms with Crippen molar-refractivity contribution in [2.75, 3.05) is 19.6 Å². The molecule has 1 saturated heterocycles. The maximum absolute atomic E-state index is 12.8. The second kappa shape index (κ2) is 9.02. The van der Waals surface area contributed by atoms with Gasteiger partial charge >= 0.3 is 12.4 Å². The minimum Gasteiger partial charge on any atom is -0.301 e. The molecule has 10 heteroatoms. The molecule has 1 aliphatic heterocycles.